The van der Waals surface area contributed by atoms with Crippen LogP contribution in [0.2, 0.25) is 0 Å². The second-order valence-electron chi connectivity index (χ2n) is 5.58. The number of hydrogen-bond acceptors (Lipinski definition) is 6. The summed E-state index contributed by atoms with van der Waals surface area (Å²) in [4.78, 5) is 59.1. The molecule has 0 radical (unpaired) electrons. The van der Waals surface area contributed by atoms with Gasteiger partial charge in [-0.2, -0.15) is 0 Å². The zero-order valence-corrected chi connectivity index (χ0v) is 13.9. The van der Waals surface area contributed by atoms with Gasteiger partial charge < -0.3 is 15.3 Å². The molecule has 0 aliphatic carbocycles. The van der Waals surface area contributed by atoms with Crippen LogP contribution in [-0.2, 0) is 14.4 Å². The number of rotatable bonds is 6. The number of likely N-dealkylation sites (N-methyl/N-ethyl adjacent to an activating group) is 1. The molecule has 136 valence electrons. The Balaban J connectivity index is 2.27. The van der Waals surface area contributed by atoms with Gasteiger partial charge in [-0.05, 0) is 18.6 Å². The van der Waals surface area contributed by atoms with Gasteiger partial charge in [0.1, 0.15) is 6.04 Å². The topological polar surface area (TPSA) is 133 Å². The first-order valence-corrected chi connectivity index (χ1v) is 7.70. The molecule has 0 spiro atoms. The van der Waals surface area contributed by atoms with Crippen LogP contribution < -0.4 is 10.6 Å². The van der Waals surface area contributed by atoms with Gasteiger partial charge in [0.15, 0.2) is 6.29 Å². The molecule has 1 atom stereocenters. The number of imide groups is 1. The summed E-state index contributed by atoms with van der Waals surface area (Å²) in [7, 11) is 1.42. The summed E-state index contributed by atoms with van der Waals surface area (Å²) >= 11 is 0. The first kappa shape index (κ1) is 18.8. The molecule has 1 aromatic carbocycles. The van der Waals surface area contributed by atoms with Crippen molar-refractivity contribution >= 4 is 35.7 Å². The molecule has 1 unspecified atom stereocenters. The number of carbonyl (C=O) groups is 5. The molecule has 1 aliphatic heterocycles. The normalized spacial score (nSPS) is 16.9. The molecule has 1 saturated heterocycles. The Labute approximate surface area is 148 Å². The molecule has 1 fully saturated rings. The monoisotopic (exact) mass is 359 g/mol. The van der Waals surface area contributed by atoms with E-state index in [0.717, 1.165) is 12.3 Å². The summed E-state index contributed by atoms with van der Waals surface area (Å²) in [5.41, 5.74) is 0.340. The van der Waals surface area contributed by atoms with Crippen LogP contribution in [-0.4, -0.2) is 53.1 Å². The number of nitrogens with one attached hydrogen (secondary N) is 2. The fourth-order valence-electron chi connectivity index (χ4n) is 2.59. The van der Waals surface area contributed by atoms with Crippen LogP contribution in [0.4, 0.5) is 5.69 Å². The van der Waals surface area contributed by atoms with E-state index in [1.54, 1.807) is 0 Å². The van der Waals surface area contributed by atoms with E-state index in [1.807, 2.05) is 0 Å². The van der Waals surface area contributed by atoms with Gasteiger partial charge in [-0.25, -0.2) is 4.79 Å². The Bertz CT molecular complexity index is 802. The predicted molar refractivity (Wildman–Crippen MR) is 90.5 cm³/mol. The van der Waals surface area contributed by atoms with Crippen molar-refractivity contribution < 1.29 is 29.1 Å². The zero-order chi connectivity index (χ0) is 19.3. The van der Waals surface area contributed by atoms with Crippen LogP contribution in [0.15, 0.2) is 30.5 Å². The fraction of sp³-hybridized carbons (Fsp3) is 0.235. The Morgan fingerprint density at radius 1 is 1.35 bits per heavy atom. The van der Waals surface area contributed by atoms with E-state index < -0.39 is 29.7 Å². The Hall–Kier alpha value is -3.49. The van der Waals surface area contributed by atoms with Crippen LogP contribution >= 0.6 is 0 Å². The number of carbonyl (C=O) groups excluding carboxylic acids is 4. The van der Waals surface area contributed by atoms with Gasteiger partial charge in [-0.15, -0.1) is 0 Å². The van der Waals surface area contributed by atoms with Crippen molar-refractivity contribution in [3.63, 3.8) is 0 Å². The fourth-order valence-corrected chi connectivity index (χ4v) is 2.59. The van der Waals surface area contributed by atoms with E-state index in [9.17, 15) is 24.0 Å². The van der Waals surface area contributed by atoms with Gasteiger partial charge in [0, 0.05) is 31.4 Å². The van der Waals surface area contributed by atoms with E-state index in [0.29, 0.717) is 6.29 Å². The first-order chi connectivity index (χ1) is 12.3. The Morgan fingerprint density at radius 3 is 2.69 bits per heavy atom. The Kier molecular flexibility index (Phi) is 5.84. The number of benzene rings is 1. The standard InChI is InChI=1S/C17H17N3O6/c1-20(13-5-6-14(22)19-16(13)25)17(26)10-3-2-4-12(11(10)9-21)18-8-7-15(23)24/h2-4,7-9,13,18H,5-6H2,1H3,(H,23,24)(H,19,22,25). The SMILES string of the molecule is CN(C(=O)c1cccc(NC=CC(=O)O)c1C=O)C1CCC(=O)NC1=O. The summed E-state index contributed by atoms with van der Waals surface area (Å²) in [5.74, 6) is -2.69. The lowest BCUT2D eigenvalue weighted by Crippen LogP contribution is -2.53. The van der Waals surface area contributed by atoms with Crippen molar-refractivity contribution in [1.29, 1.82) is 0 Å². The molecule has 0 aromatic heterocycles. The number of nitrogens with zero attached hydrogens (tertiary/aromatic N) is 1. The van der Waals surface area contributed by atoms with E-state index >= 15 is 0 Å². The molecule has 3 amide bonds. The molecule has 1 aromatic rings. The summed E-state index contributed by atoms with van der Waals surface area (Å²) in [6, 6.07) is 3.65. The van der Waals surface area contributed by atoms with Crippen molar-refractivity contribution in [3.8, 4) is 0 Å². The average molecular weight is 359 g/mol. The van der Waals surface area contributed by atoms with Crippen molar-refractivity contribution in [2.45, 2.75) is 18.9 Å². The molecule has 1 heterocycles. The van der Waals surface area contributed by atoms with E-state index in [-0.39, 0.29) is 29.7 Å². The van der Waals surface area contributed by atoms with Crippen LogP contribution in [0.25, 0.3) is 0 Å². The number of carboxylic acid groups (broad SMARTS) is 1. The molecule has 0 saturated carbocycles. The lowest BCUT2D eigenvalue weighted by molar-refractivity contribution is -0.136. The number of anilines is 1. The number of piperidine rings is 1. The van der Waals surface area contributed by atoms with Crippen molar-refractivity contribution in [2.75, 3.05) is 12.4 Å². The maximum absolute atomic E-state index is 12.7. The molecular formula is C17H17N3O6. The van der Waals surface area contributed by atoms with Gasteiger partial charge in [-0.3, -0.25) is 24.5 Å². The molecule has 9 nitrogen and oxygen atoms in total. The minimum atomic E-state index is -1.17. The van der Waals surface area contributed by atoms with Gasteiger partial charge >= 0.3 is 5.97 Å². The minimum absolute atomic E-state index is 0.0340. The third-order valence-electron chi connectivity index (χ3n) is 3.92. The van der Waals surface area contributed by atoms with Crippen molar-refractivity contribution in [2.24, 2.45) is 0 Å². The second kappa shape index (κ2) is 8.06. The molecule has 9 heteroatoms. The van der Waals surface area contributed by atoms with Gasteiger partial charge in [0.2, 0.25) is 11.8 Å². The van der Waals surface area contributed by atoms with Crippen LogP contribution in [0, 0.1) is 0 Å². The lowest BCUT2D eigenvalue weighted by atomic mass is 10.0. The molecule has 0 bridgehead atoms. The third kappa shape index (κ3) is 4.12. The summed E-state index contributed by atoms with van der Waals surface area (Å²) in [5, 5.41) is 13.4. The van der Waals surface area contributed by atoms with Gasteiger partial charge in [-0.1, -0.05) is 6.07 Å². The maximum atomic E-state index is 12.7. The lowest BCUT2D eigenvalue weighted by Gasteiger charge is -2.30. The predicted octanol–water partition coefficient (Wildman–Crippen LogP) is 0.386. The first-order valence-electron chi connectivity index (χ1n) is 7.70. The van der Waals surface area contributed by atoms with Crippen molar-refractivity contribution in [1.82, 2.24) is 10.2 Å². The maximum Gasteiger partial charge on any atom is 0.329 e. The molecular weight excluding hydrogens is 342 g/mol. The molecule has 2 rings (SSSR count). The minimum Gasteiger partial charge on any atom is -0.478 e. The van der Waals surface area contributed by atoms with E-state index in [2.05, 4.69) is 10.6 Å². The number of hydrogen-bond donors (Lipinski definition) is 3. The smallest absolute Gasteiger partial charge is 0.329 e. The molecule has 26 heavy (non-hydrogen) atoms. The van der Waals surface area contributed by atoms with E-state index in [4.69, 9.17) is 5.11 Å². The zero-order valence-electron chi connectivity index (χ0n) is 13.9. The Morgan fingerprint density at radius 2 is 2.08 bits per heavy atom. The quantitative estimate of drug-likeness (QED) is 0.380. The van der Waals surface area contributed by atoms with Gasteiger partial charge in [0.05, 0.1) is 11.1 Å². The second-order valence-corrected chi connectivity index (χ2v) is 5.58. The highest BCUT2D eigenvalue weighted by Gasteiger charge is 2.33. The molecule has 1 aliphatic rings. The summed E-state index contributed by atoms with van der Waals surface area (Å²) in [6.07, 6.45) is 2.77. The highest BCUT2D eigenvalue weighted by atomic mass is 16.4. The average Bonchev–Trinajstić information content (AvgIpc) is 2.60. The van der Waals surface area contributed by atoms with Crippen LogP contribution in [0.5, 0.6) is 0 Å². The largest absolute Gasteiger partial charge is 0.478 e. The number of amides is 3. The highest BCUT2D eigenvalue weighted by molar-refractivity contribution is 6.07. The van der Waals surface area contributed by atoms with E-state index in [1.165, 1.54) is 30.1 Å². The number of carboxylic acids is 1. The molecule has 3 N–H and O–H groups in total. The number of aldehydes is 1. The highest BCUT2D eigenvalue weighted by Crippen LogP contribution is 2.21. The van der Waals surface area contributed by atoms with Crippen molar-refractivity contribution in [3.05, 3.63) is 41.6 Å². The van der Waals surface area contributed by atoms with Crippen LogP contribution in [0.3, 0.4) is 0 Å². The summed E-state index contributed by atoms with van der Waals surface area (Å²) in [6.45, 7) is 0. The summed E-state index contributed by atoms with van der Waals surface area (Å²) < 4.78 is 0. The number of aliphatic carboxylic acids is 1. The third-order valence-corrected chi connectivity index (χ3v) is 3.92. The van der Waals surface area contributed by atoms with Crippen LogP contribution in [0.1, 0.15) is 33.6 Å². The van der Waals surface area contributed by atoms with Gasteiger partial charge in [0.25, 0.3) is 5.91 Å².